The Labute approximate surface area is 174 Å². The summed E-state index contributed by atoms with van der Waals surface area (Å²) in [4.78, 5) is 37.4. The minimum absolute atomic E-state index is 0.118. The number of esters is 1. The molecule has 0 atom stereocenters. The number of nitro groups is 1. The van der Waals surface area contributed by atoms with Crippen LogP contribution >= 0.6 is 0 Å². The van der Waals surface area contributed by atoms with E-state index in [1.165, 1.54) is 43.5 Å². The number of carbonyl (C=O) groups is 2. The van der Waals surface area contributed by atoms with Gasteiger partial charge in [-0.15, -0.1) is 0 Å². The highest BCUT2D eigenvalue weighted by Crippen LogP contribution is 2.57. The lowest BCUT2D eigenvalue weighted by Crippen LogP contribution is -2.62. The minimum atomic E-state index is -0.691. The fourth-order valence-electron chi connectivity index (χ4n) is 6.19. The van der Waals surface area contributed by atoms with Crippen molar-refractivity contribution in [3.8, 4) is 6.07 Å². The smallest absolute Gasteiger partial charge is 0.338 e. The Balaban J connectivity index is 1.43. The van der Waals surface area contributed by atoms with E-state index in [2.05, 4.69) is 6.07 Å². The number of carbonyl (C=O) groups excluding carboxylic acids is 2. The van der Waals surface area contributed by atoms with E-state index in [9.17, 15) is 19.7 Å². The summed E-state index contributed by atoms with van der Waals surface area (Å²) in [7, 11) is 0. The highest BCUT2D eigenvalue weighted by Gasteiger charge is 2.54. The van der Waals surface area contributed by atoms with E-state index in [4.69, 9.17) is 10.00 Å². The topological polar surface area (TPSA) is 114 Å². The van der Waals surface area contributed by atoms with Crippen molar-refractivity contribution in [3.63, 3.8) is 0 Å². The highest BCUT2D eigenvalue weighted by molar-refractivity contribution is 5.91. The van der Waals surface area contributed by atoms with Crippen molar-refractivity contribution in [2.75, 3.05) is 13.2 Å². The van der Waals surface area contributed by atoms with Gasteiger partial charge in [0.2, 0.25) is 0 Å². The van der Waals surface area contributed by atoms with E-state index in [0.29, 0.717) is 24.3 Å². The van der Waals surface area contributed by atoms with Crippen LogP contribution in [0.3, 0.4) is 0 Å². The third-order valence-electron chi connectivity index (χ3n) is 6.97. The lowest BCUT2D eigenvalue weighted by atomic mass is 9.52. The molecule has 0 spiro atoms. The molecule has 4 fully saturated rings. The molecule has 4 bridgehead atoms. The van der Waals surface area contributed by atoms with E-state index >= 15 is 0 Å². The fraction of sp³-hybridized carbons (Fsp3) is 0.591. The van der Waals surface area contributed by atoms with Crippen molar-refractivity contribution in [2.45, 2.75) is 50.5 Å². The SMILES string of the molecule is N#CCCN(C(=O)COC(=O)c1ccc([N+](=O)[O-])cc1)C12CC3CC(CC(C3)C1)C2. The van der Waals surface area contributed by atoms with E-state index in [-0.39, 0.29) is 35.7 Å². The van der Waals surface area contributed by atoms with Crippen LogP contribution in [0, 0.1) is 39.2 Å². The molecule has 4 saturated carbocycles. The van der Waals surface area contributed by atoms with E-state index in [0.717, 1.165) is 19.3 Å². The predicted molar refractivity (Wildman–Crippen MR) is 106 cm³/mol. The Bertz CT molecular complexity index is 854. The highest BCUT2D eigenvalue weighted by atomic mass is 16.6. The van der Waals surface area contributed by atoms with Crippen LogP contribution in [0.15, 0.2) is 24.3 Å². The van der Waals surface area contributed by atoms with Crippen molar-refractivity contribution in [1.29, 1.82) is 5.26 Å². The van der Waals surface area contributed by atoms with Crippen molar-refractivity contribution >= 4 is 17.6 Å². The summed E-state index contributed by atoms with van der Waals surface area (Å²) in [6.45, 7) is -0.0282. The van der Waals surface area contributed by atoms with E-state index < -0.39 is 10.9 Å². The molecular formula is C22H25N3O5. The number of nitriles is 1. The zero-order valence-electron chi connectivity index (χ0n) is 16.8. The molecular weight excluding hydrogens is 386 g/mol. The van der Waals surface area contributed by atoms with Crippen LogP contribution < -0.4 is 0 Å². The first kappa shape index (κ1) is 20.3. The molecule has 4 aliphatic rings. The maximum absolute atomic E-state index is 13.1. The van der Waals surface area contributed by atoms with Gasteiger partial charge < -0.3 is 9.64 Å². The third-order valence-corrected chi connectivity index (χ3v) is 6.97. The second-order valence-corrected chi connectivity index (χ2v) is 8.98. The van der Waals surface area contributed by atoms with Gasteiger partial charge in [0, 0.05) is 24.2 Å². The van der Waals surface area contributed by atoms with Crippen LogP contribution in [-0.2, 0) is 9.53 Å². The lowest BCUT2D eigenvalue weighted by Gasteiger charge is -2.60. The largest absolute Gasteiger partial charge is 0.452 e. The number of nitrogens with zero attached hydrogens (tertiary/aromatic N) is 3. The molecule has 30 heavy (non-hydrogen) atoms. The molecule has 0 heterocycles. The summed E-state index contributed by atoms with van der Waals surface area (Å²) >= 11 is 0. The van der Waals surface area contributed by atoms with Gasteiger partial charge >= 0.3 is 5.97 Å². The maximum atomic E-state index is 13.1. The lowest BCUT2D eigenvalue weighted by molar-refractivity contribution is -0.384. The summed E-state index contributed by atoms with van der Waals surface area (Å²) in [6.07, 6.45) is 6.92. The average Bonchev–Trinajstić information content (AvgIpc) is 2.71. The summed E-state index contributed by atoms with van der Waals surface area (Å²) in [5.41, 5.74) is -0.165. The van der Waals surface area contributed by atoms with Gasteiger partial charge in [-0.2, -0.15) is 5.26 Å². The standard InChI is InChI=1S/C22H25N3O5/c23-6-1-7-24(22-11-15-8-16(12-22)10-17(9-15)13-22)20(26)14-30-21(27)18-2-4-19(5-3-18)25(28)29/h2-5,15-17H,1,7-14H2. The molecule has 0 aliphatic heterocycles. The Morgan fingerprint density at radius 3 is 2.20 bits per heavy atom. The normalized spacial score (nSPS) is 28.6. The van der Waals surface area contributed by atoms with Gasteiger partial charge in [0.1, 0.15) is 0 Å². The van der Waals surface area contributed by atoms with Crippen molar-refractivity contribution in [3.05, 3.63) is 39.9 Å². The van der Waals surface area contributed by atoms with Crippen molar-refractivity contribution in [2.24, 2.45) is 17.8 Å². The molecule has 8 heteroatoms. The molecule has 0 aromatic heterocycles. The quantitative estimate of drug-likeness (QED) is 0.386. The number of nitro benzene ring substituents is 1. The van der Waals surface area contributed by atoms with Gasteiger partial charge in [0.25, 0.3) is 11.6 Å². The monoisotopic (exact) mass is 411 g/mol. The Morgan fingerprint density at radius 2 is 1.70 bits per heavy atom. The van der Waals surface area contributed by atoms with E-state index in [1.54, 1.807) is 0 Å². The van der Waals surface area contributed by atoms with Crippen LogP contribution in [0.1, 0.15) is 55.3 Å². The van der Waals surface area contributed by atoms with E-state index in [1.807, 2.05) is 4.90 Å². The number of amides is 1. The molecule has 1 amide bonds. The zero-order valence-corrected chi connectivity index (χ0v) is 16.8. The molecule has 1 aromatic rings. The summed E-state index contributed by atoms with van der Waals surface area (Å²) < 4.78 is 5.23. The predicted octanol–water partition coefficient (Wildman–Crippen LogP) is 3.46. The first-order valence-corrected chi connectivity index (χ1v) is 10.5. The van der Waals surface area contributed by atoms with Gasteiger partial charge in [-0.25, -0.2) is 4.79 Å². The van der Waals surface area contributed by atoms with Crippen LogP contribution in [0.5, 0.6) is 0 Å². The molecule has 1 aromatic carbocycles. The minimum Gasteiger partial charge on any atom is -0.452 e. The Morgan fingerprint density at radius 1 is 1.13 bits per heavy atom. The van der Waals surface area contributed by atoms with Gasteiger partial charge in [-0.05, 0) is 68.4 Å². The van der Waals surface area contributed by atoms with Gasteiger partial charge in [0.05, 0.1) is 23.0 Å². The molecule has 0 radical (unpaired) electrons. The number of benzene rings is 1. The Kier molecular flexibility index (Phi) is 5.46. The first-order chi connectivity index (χ1) is 14.4. The fourth-order valence-corrected chi connectivity index (χ4v) is 6.19. The number of ether oxygens (including phenoxy) is 1. The molecule has 0 saturated heterocycles. The maximum Gasteiger partial charge on any atom is 0.338 e. The second-order valence-electron chi connectivity index (χ2n) is 8.98. The number of hydrogen-bond acceptors (Lipinski definition) is 6. The van der Waals surface area contributed by atoms with Crippen molar-refractivity contribution in [1.82, 2.24) is 4.90 Å². The third kappa shape index (κ3) is 3.89. The first-order valence-electron chi connectivity index (χ1n) is 10.5. The molecule has 0 N–H and O–H groups in total. The summed E-state index contributed by atoms with van der Waals surface area (Å²) in [5, 5.41) is 19.8. The number of rotatable bonds is 7. The number of non-ortho nitro benzene ring substituents is 1. The molecule has 158 valence electrons. The van der Waals surface area contributed by atoms with Crippen LogP contribution in [-0.4, -0.2) is 40.4 Å². The zero-order chi connectivity index (χ0) is 21.3. The number of hydrogen-bond donors (Lipinski definition) is 0. The summed E-state index contributed by atoms with van der Waals surface area (Å²) in [6, 6.07) is 7.23. The second kappa shape index (κ2) is 8.05. The van der Waals surface area contributed by atoms with Gasteiger partial charge in [0.15, 0.2) is 6.61 Å². The molecule has 8 nitrogen and oxygen atoms in total. The molecule has 4 aliphatic carbocycles. The molecule has 0 unspecified atom stereocenters. The molecule has 5 rings (SSSR count). The van der Waals surface area contributed by atoms with Crippen molar-refractivity contribution < 1.29 is 19.2 Å². The van der Waals surface area contributed by atoms with Crippen LogP contribution in [0.25, 0.3) is 0 Å². The van der Waals surface area contributed by atoms with Gasteiger partial charge in [-0.1, -0.05) is 0 Å². The Hall–Kier alpha value is -2.95. The van der Waals surface area contributed by atoms with Crippen LogP contribution in [0.2, 0.25) is 0 Å². The van der Waals surface area contributed by atoms with Gasteiger partial charge in [-0.3, -0.25) is 14.9 Å². The van der Waals surface area contributed by atoms with Crippen LogP contribution in [0.4, 0.5) is 5.69 Å². The average molecular weight is 411 g/mol. The summed E-state index contributed by atoms with van der Waals surface area (Å²) in [5.74, 6) is 0.996.